The fourth-order valence-corrected chi connectivity index (χ4v) is 3.42. The van der Waals surface area contributed by atoms with Crippen molar-refractivity contribution in [3.8, 4) is 23.0 Å². The van der Waals surface area contributed by atoms with E-state index in [2.05, 4.69) is 10.3 Å². The van der Waals surface area contributed by atoms with Gasteiger partial charge in [-0.3, -0.25) is 14.5 Å². The normalized spacial score (nSPS) is 10.5. The predicted molar refractivity (Wildman–Crippen MR) is 134 cm³/mol. The van der Waals surface area contributed by atoms with Gasteiger partial charge in [-0.2, -0.15) is 0 Å². The molecule has 0 bridgehead atoms. The van der Waals surface area contributed by atoms with Gasteiger partial charge in [-0.15, -0.1) is 0 Å². The lowest BCUT2D eigenvalue weighted by Crippen LogP contribution is -2.24. The Morgan fingerprint density at radius 3 is 2.11 bits per heavy atom. The molecule has 0 fully saturated rings. The first-order valence-corrected chi connectivity index (χ1v) is 10.6. The first-order chi connectivity index (χ1) is 16.9. The van der Waals surface area contributed by atoms with Crippen molar-refractivity contribution < 1.29 is 28.5 Å². The maximum Gasteiger partial charge on any atom is 0.248 e. The molecule has 35 heavy (non-hydrogen) atoms. The number of carbonyl (C=O) groups is 2. The highest BCUT2D eigenvalue weighted by Crippen LogP contribution is 2.36. The molecule has 0 spiro atoms. The molecule has 2 amide bonds. The lowest BCUT2D eigenvalue weighted by Gasteiger charge is -2.23. The van der Waals surface area contributed by atoms with Gasteiger partial charge in [-0.25, -0.2) is 4.98 Å². The van der Waals surface area contributed by atoms with E-state index in [0.717, 1.165) is 0 Å². The highest BCUT2D eigenvalue weighted by Gasteiger charge is 2.20. The number of nitrogens with zero attached hydrogens (tertiary/aromatic N) is 2. The Kier molecular flexibility index (Phi) is 8.29. The van der Waals surface area contributed by atoms with Crippen molar-refractivity contribution >= 4 is 35.1 Å². The summed E-state index contributed by atoms with van der Waals surface area (Å²) in [7, 11) is 6.09. The predicted octanol–water partition coefficient (Wildman–Crippen LogP) is 4.45. The van der Waals surface area contributed by atoms with Gasteiger partial charge in [-0.1, -0.05) is 6.07 Å². The molecule has 182 valence electrons. The van der Waals surface area contributed by atoms with Crippen molar-refractivity contribution in [3.63, 3.8) is 0 Å². The van der Waals surface area contributed by atoms with Crippen molar-refractivity contribution in [1.29, 1.82) is 0 Å². The minimum Gasteiger partial charge on any atom is -0.496 e. The Morgan fingerprint density at radius 1 is 0.886 bits per heavy atom. The molecular formula is C26H27N3O6. The van der Waals surface area contributed by atoms with Crippen LogP contribution in [0.3, 0.4) is 0 Å². The molecule has 0 atom stereocenters. The van der Waals surface area contributed by atoms with Crippen molar-refractivity contribution in [3.05, 3.63) is 66.4 Å². The number of carbonyl (C=O) groups excluding carboxylic acids is 2. The summed E-state index contributed by atoms with van der Waals surface area (Å²) in [5.41, 5.74) is 1.49. The number of amides is 2. The second-order valence-electron chi connectivity index (χ2n) is 7.20. The summed E-state index contributed by atoms with van der Waals surface area (Å²) in [4.78, 5) is 30.9. The number of pyridine rings is 1. The Labute approximate surface area is 203 Å². The zero-order chi connectivity index (χ0) is 25.4. The van der Waals surface area contributed by atoms with Crippen LogP contribution in [-0.2, 0) is 9.59 Å². The quantitative estimate of drug-likeness (QED) is 0.455. The minimum atomic E-state index is -0.395. The monoisotopic (exact) mass is 477 g/mol. The van der Waals surface area contributed by atoms with Gasteiger partial charge in [0.25, 0.3) is 0 Å². The molecule has 1 heterocycles. The lowest BCUT2D eigenvalue weighted by atomic mass is 10.1. The molecule has 0 unspecified atom stereocenters. The van der Waals surface area contributed by atoms with E-state index >= 15 is 0 Å². The molecule has 3 rings (SSSR count). The van der Waals surface area contributed by atoms with E-state index in [0.29, 0.717) is 45.8 Å². The second-order valence-corrected chi connectivity index (χ2v) is 7.20. The summed E-state index contributed by atoms with van der Waals surface area (Å²) in [6, 6.07) is 13.6. The van der Waals surface area contributed by atoms with Crippen molar-refractivity contribution in [2.75, 3.05) is 38.7 Å². The van der Waals surface area contributed by atoms with Gasteiger partial charge in [0.2, 0.25) is 11.8 Å². The van der Waals surface area contributed by atoms with E-state index < -0.39 is 5.91 Å². The smallest absolute Gasteiger partial charge is 0.248 e. The molecule has 0 aliphatic rings. The average Bonchev–Trinajstić information content (AvgIpc) is 2.87. The van der Waals surface area contributed by atoms with Gasteiger partial charge < -0.3 is 24.3 Å². The highest BCUT2D eigenvalue weighted by molar-refractivity contribution is 6.04. The Bertz CT molecular complexity index is 1200. The van der Waals surface area contributed by atoms with Crippen LogP contribution in [0.15, 0.2) is 60.8 Å². The average molecular weight is 478 g/mol. The number of hydrogen-bond acceptors (Lipinski definition) is 7. The first kappa shape index (κ1) is 25.1. The largest absolute Gasteiger partial charge is 0.496 e. The van der Waals surface area contributed by atoms with Crippen molar-refractivity contribution in [2.45, 2.75) is 6.92 Å². The van der Waals surface area contributed by atoms with Crippen molar-refractivity contribution in [2.24, 2.45) is 0 Å². The molecular weight excluding hydrogens is 450 g/mol. The lowest BCUT2D eigenvalue weighted by molar-refractivity contribution is -0.116. The zero-order valence-electron chi connectivity index (χ0n) is 20.2. The number of rotatable bonds is 9. The van der Waals surface area contributed by atoms with E-state index in [-0.39, 0.29) is 5.91 Å². The van der Waals surface area contributed by atoms with E-state index in [9.17, 15) is 9.59 Å². The molecule has 9 heteroatoms. The van der Waals surface area contributed by atoms with Gasteiger partial charge in [0.1, 0.15) is 28.8 Å². The third kappa shape index (κ3) is 5.89. The fraction of sp³-hybridized carbons (Fsp3) is 0.192. The summed E-state index contributed by atoms with van der Waals surface area (Å²) in [5.74, 6) is 1.77. The SMILES string of the molecule is COc1cc(OC)c(/C=C/C(=O)Nc2ccc(OC)c(N(C(C)=O)c3ccccn3)c2)c(OC)c1. The molecule has 1 N–H and O–H groups in total. The van der Waals surface area contributed by atoms with Crippen molar-refractivity contribution in [1.82, 2.24) is 4.98 Å². The maximum absolute atomic E-state index is 12.7. The topological polar surface area (TPSA) is 99.2 Å². The molecule has 0 aliphatic carbocycles. The summed E-state index contributed by atoms with van der Waals surface area (Å²) in [5, 5.41) is 2.80. The number of benzene rings is 2. The van der Waals surface area contributed by atoms with Crippen LogP contribution < -0.4 is 29.2 Å². The number of anilines is 3. The summed E-state index contributed by atoms with van der Waals surface area (Å²) in [6.07, 6.45) is 4.54. The maximum atomic E-state index is 12.7. The highest BCUT2D eigenvalue weighted by atomic mass is 16.5. The van der Waals surface area contributed by atoms with Crippen LogP contribution in [0.2, 0.25) is 0 Å². The molecule has 0 radical (unpaired) electrons. The van der Waals surface area contributed by atoms with E-state index in [1.165, 1.54) is 39.2 Å². The molecule has 0 saturated carbocycles. The molecule has 0 aliphatic heterocycles. The number of methoxy groups -OCH3 is 4. The Hall–Kier alpha value is -4.53. The van der Waals surface area contributed by atoms with Gasteiger partial charge in [0.05, 0.1) is 39.7 Å². The minimum absolute atomic E-state index is 0.260. The Balaban J connectivity index is 1.90. The summed E-state index contributed by atoms with van der Waals surface area (Å²) >= 11 is 0. The molecule has 9 nitrogen and oxygen atoms in total. The van der Waals surface area contributed by atoms with E-state index in [1.807, 2.05) is 0 Å². The van der Waals surface area contributed by atoms with Crippen LogP contribution in [0, 0.1) is 0 Å². The van der Waals surface area contributed by atoms with Gasteiger partial charge in [-0.05, 0) is 36.4 Å². The zero-order valence-corrected chi connectivity index (χ0v) is 20.2. The third-order valence-electron chi connectivity index (χ3n) is 5.04. The third-order valence-corrected chi connectivity index (χ3v) is 5.04. The van der Waals surface area contributed by atoms with Crippen LogP contribution in [-0.4, -0.2) is 45.2 Å². The van der Waals surface area contributed by atoms with Crippen LogP contribution in [0.1, 0.15) is 12.5 Å². The van der Waals surface area contributed by atoms with Crippen LogP contribution in [0.25, 0.3) is 6.08 Å². The molecule has 2 aromatic carbocycles. The van der Waals surface area contributed by atoms with Gasteiger partial charge in [0, 0.05) is 37.0 Å². The van der Waals surface area contributed by atoms with Crippen LogP contribution >= 0.6 is 0 Å². The van der Waals surface area contributed by atoms with Gasteiger partial charge in [0.15, 0.2) is 0 Å². The fourth-order valence-electron chi connectivity index (χ4n) is 3.42. The van der Waals surface area contributed by atoms with E-state index in [4.69, 9.17) is 18.9 Å². The van der Waals surface area contributed by atoms with Crippen LogP contribution in [0.4, 0.5) is 17.2 Å². The molecule has 3 aromatic rings. The van der Waals surface area contributed by atoms with E-state index in [1.54, 1.807) is 67.9 Å². The molecule has 1 aromatic heterocycles. The summed E-state index contributed by atoms with van der Waals surface area (Å²) < 4.78 is 21.5. The number of hydrogen-bond donors (Lipinski definition) is 1. The summed E-state index contributed by atoms with van der Waals surface area (Å²) in [6.45, 7) is 1.43. The number of ether oxygens (including phenoxy) is 4. The second kappa shape index (κ2) is 11.6. The van der Waals surface area contributed by atoms with Crippen LogP contribution in [0.5, 0.6) is 23.0 Å². The first-order valence-electron chi connectivity index (χ1n) is 10.6. The molecule has 0 saturated heterocycles. The van der Waals surface area contributed by atoms with Gasteiger partial charge >= 0.3 is 0 Å². The Morgan fingerprint density at radius 2 is 1.57 bits per heavy atom. The standard InChI is InChI=1S/C26H27N3O6/c1-17(30)29(25-8-6-7-13-27-25)21-14-18(9-11-22(21)33-3)28-26(31)12-10-20-23(34-4)15-19(32-2)16-24(20)35-5/h6-16H,1-5H3,(H,28,31)/b12-10+. The number of aromatic nitrogens is 1. The number of nitrogens with one attached hydrogen (secondary N) is 1.